The highest BCUT2D eigenvalue weighted by Gasteiger charge is 2.09. The Balaban J connectivity index is 1.97. The number of anilines is 1. The number of aromatic nitrogens is 1. The van der Waals surface area contributed by atoms with Crippen LogP contribution in [0.3, 0.4) is 0 Å². The maximum atomic E-state index is 11.7. The van der Waals surface area contributed by atoms with Gasteiger partial charge in [-0.2, -0.15) is 0 Å². The molecule has 6 heteroatoms. The van der Waals surface area contributed by atoms with Crippen molar-refractivity contribution in [2.24, 2.45) is 0 Å². The highest BCUT2D eigenvalue weighted by molar-refractivity contribution is 7.13. The fourth-order valence-electron chi connectivity index (χ4n) is 1.45. The van der Waals surface area contributed by atoms with Crippen LogP contribution in [0.4, 0.5) is 5.13 Å². The first kappa shape index (κ1) is 12.4. The smallest absolute Gasteiger partial charge is 0.271 e. The van der Waals surface area contributed by atoms with Gasteiger partial charge >= 0.3 is 0 Å². The largest absolute Gasteiger partial charge is 0.497 e. The first-order valence-corrected chi connectivity index (χ1v) is 6.19. The summed E-state index contributed by atoms with van der Waals surface area (Å²) >= 11 is 1.25. The summed E-state index contributed by atoms with van der Waals surface area (Å²) in [5, 5.41) is 4.80. The van der Waals surface area contributed by atoms with E-state index in [1.165, 1.54) is 11.3 Å². The van der Waals surface area contributed by atoms with Crippen LogP contribution in [-0.4, -0.2) is 18.0 Å². The molecule has 18 heavy (non-hydrogen) atoms. The molecule has 2 rings (SSSR count). The first-order valence-electron chi connectivity index (χ1n) is 5.31. The number of ether oxygens (including phenoxy) is 1. The van der Waals surface area contributed by atoms with Gasteiger partial charge in [-0.15, -0.1) is 11.3 Å². The van der Waals surface area contributed by atoms with Crippen LogP contribution in [-0.2, 0) is 6.54 Å². The molecule has 5 nitrogen and oxygen atoms in total. The number of nitrogens with one attached hydrogen (secondary N) is 1. The minimum atomic E-state index is -0.231. The lowest BCUT2D eigenvalue weighted by Crippen LogP contribution is -2.23. The number of benzene rings is 1. The van der Waals surface area contributed by atoms with E-state index in [0.717, 1.165) is 11.3 Å². The molecular formula is C12H13N3O2S. The Labute approximate surface area is 109 Å². The molecule has 0 unspecified atom stereocenters. The van der Waals surface area contributed by atoms with Gasteiger partial charge in [-0.05, 0) is 17.7 Å². The van der Waals surface area contributed by atoms with Crippen molar-refractivity contribution in [2.75, 3.05) is 12.8 Å². The summed E-state index contributed by atoms with van der Waals surface area (Å²) in [5.41, 5.74) is 6.78. The highest BCUT2D eigenvalue weighted by Crippen LogP contribution is 2.13. The van der Waals surface area contributed by atoms with Crippen LogP contribution in [0.25, 0.3) is 0 Å². The van der Waals surface area contributed by atoms with Crippen LogP contribution >= 0.6 is 11.3 Å². The summed E-state index contributed by atoms with van der Waals surface area (Å²) in [6, 6.07) is 7.52. The second kappa shape index (κ2) is 5.50. The van der Waals surface area contributed by atoms with Gasteiger partial charge in [0.1, 0.15) is 11.4 Å². The zero-order chi connectivity index (χ0) is 13.0. The second-order valence-corrected chi connectivity index (χ2v) is 4.49. The Hall–Kier alpha value is -2.08. The van der Waals surface area contributed by atoms with Gasteiger partial charge in [-0.25, -0.2) is 4.98 Å². The van der Waals surface area contributed by atoms with Gasteiger partial charge in [0.15, 0.2) is 5.13 Å². The third-order valence-electron chi connectivity index (χ3n) is 2.34. The molecule has 0 spiro atoms. The van der Waals surface area contributed by atoms with Crippen LogP contribution in [0, 0.1) is 0 Å². The zero-order valence-corrected chi connectivity index (χ0v) is 10.7. The SMILES string of the molecule is COc1cccc(CNC(=O)c2csc(N)n2)c1. The molecule has 1 aromatic heterocycles. The average Bonchev–Trinajstić information content (AvgIpc) is 2.83. The summed E-state index contributed by atoms with van der Waals surface area (Å²) in [5.74, 6) is 0.533. The van der Waals surface area contributed by atoms with Gasteiger partial charge in [0.2, 0.25) is 0 Å². The molecule has 0 aliphatic rings. The van der Waals surface area contributed by atoms with E-state index in [4.69, 9.17) is 10.5 Å². The second-order valence-electron chi connectivity index (χ2n) is 3.61. The standard InChI is InChI=1S/C12H13N3O2S/c1-17-9-4-2-3-8(5-9)6-14-11(16)10-7-18-12(13)15-10/h2-5,7H,6H2,1H3,(H2,13,15)(H,14,16). The zero-order valence-electron chi connectivity index (χ0n) is 9.84. The summed E-state index contributed by atoms with van der Waals surface area (Å²) in [6.07, 6.45) is 0. The van der Waals surface area contributed by atoms with E-state index in [1.54, 1.807) is 12.5 Å². The Bertz CT molecular complexity index is 554. The summed E-state index contributed by atoms with van der Waals surface area (Å²) < 4.78 is 5.11. The van der Waals surface area contributed by atoms with E-state index < -0.39 is 0 Å². The summed E-state index contributed by atoms with van der Waals surface area (Å²) in [7, 11) is 1.61. The molecule has 0 fully saturated rings. The number of nitrogen functional groups attached to an aromatic ring is 1. The maximum Gasteiger partial charge on any atom is 0.271 e. The number of amides is 1. The molecular weight excluding hydrogens is 250 g/mol. The minimum absolute atomic E-state index is 0.231. The fraction of sp³-hybridized carbons (Fsp3) is 0.167. The van der Waals surface area contributed by atoms with Gasteiger partial charge in [0.25, 0.3) is 5.91 Å². The molecule has 1 heterocycles. The van der Waals surface area contributed by atoms with E-state index in [9.17, 15) is 4.79 Å². The van der Waals surface area contributed by atoms with Gasteiger partial charge < -0.3 is 15.8 Å². The van der Waals surface area contributed by atoms with Gasteiger partial charge in [0.05, 0.1) is 7.11 Å². The van der Waals surface area contributed by atoms with Crippen LogP contribution in [0.15, 0.2) is 29.6 Å². The predicted octanol–water partition coefficient (Wildman–Crippen LogP) is 1.66. The molecule has 0 radical (unpaired) electrons. The third-order valence-corrected chi connectivity index (χ3v) is 3.02. The van der Waals surface area contributed by atoms with Crippen molar-refractivity contribution in [1.82, 2.24) is 10.3 Å². The van der Waals surface area contributed by atoms with Crippen molar-refractivity contribution in [3.05, 3.63) is 40.9 Å². The molecule has 0 aliphatic carbocycles. The number of thiazole rings is 1. The van der Waals surface area contributed by atoms with Crippen LogP contribution in [0.1, 0.15) is 16.1 Å². The first-order chi connectivity index (χ1) is 8.69. The Morgan fingerprint density at radius 1 is 1.56 bits per heavy atom. The molecule has 0 bridgehead atoms. The van der Waals surface area contributed by atoms with Crippen molar-refractivity contribution in [2.45, 2.75) is 6.54 Å². The average molecular weight is 263 g/mol. The summed E-state index contributed by atoms with van der Waals surface area (Å²) in [6.45, 7) is 0.424. The van der Waals surface area contributed by atoms with E-state index in [1.807, 2.05) is 24.3 Å². The monoisotopic (exact) mass is 263 g/mol. The van der Waals surface area contributed by atoms with Crippen molar-refractivity contribution in [1.29, 1.82) is 0 Å². The van der Waals surface area contributed by atoms with Gasteiger partial charge in [-0.3, -0.25) is 4.79 Å². The number of rotatable bonds is 4. The Kier molecular flexibility index (Phi) is 3.78. The normalized spacial score (nSPS) is 10.1. The van der Waals surface area contributed by atoms with E-state index in [2.05, 4.69) is 10.3 Å². The maximum absolute atomic E-state index is 11.7. The molecule has 3 N–H and O–H groups in total. The lowest BCUT2D eigenvalue weighted by atomic mass is 10.2. The van der Waals surface area contributed by atoms with Crippen molar-refractivity contribution >= 4 is 22.4 Å². The van der Waals surface area contributed by atoms with Crippen molar-refractivity contribution in [3.8, 4) is 5.75 Å². The number of carbonyl (C=O) groups is 1. The number of nitrogens with two attached hydrogens (primary N) is 1. The molecule has 0 atom stereocenters. The third kappa shape index (κ3) is 2.98. The number of nitrogens with zero attached hydrogens (tertiary/aromatic N) is 1. The Morgan fingerprint density at radius 3 is 3.06 bits per heavy atom. The lowest BCUT2D eigenvalue weighted by molar-refractivity contribution is 0.0946. The predicted molar refractivity (Wildman–Crippen MR) is 70.7 cm³/mol. The summed E-state index contributed by atoms with van der Waals surface area (Å²) in [4.78, 5) is 15.6. The van der Waals surface area contributed by atoms with Crippen molar-refractivity contribution < 1.29 is 9.53 Å². The molecule has 2 aromatic rings. The number of hydrogen-bond acceptors (Lipinski definition) is 5. The topological polar surface area (TPSA) is 77.2 Å². The molecule has 0 saturated heterocycles. The molecule has 0 aliphatic heterocycles. The van der Waals surface area contributed by atoms with E-state index in [0.29, 0.717) is 17.4 Å². The molecule has 94 valence electrons. The number of hydrogen-bond donors (Lipinski definition) is 2. The molecule has 0 saturated carbocycles. The molecule has 1 amide bonds. The highest BCUT2D eigenvalue weighted by atomic mass is 32.1. The van der Waals surface area contributed by atoms with Gasteiger partial charge in [-0.1, -0.05) is 12.1 Å². The Morgan fingerprint density at radius 2 is 2.39 bits per heavy atom. The van der Waals surface area contributed by atoms with Crippen LogP contribution in [0.5, 0.6) is 5.75 Å². The van der Waals surface area contributed by atoms with Crippen LogP contribution < -0.4 is 15.8 Å². The fourth-order valence-corrected chi connectivity index (χ4v) is 1.99. The minimum Gasteiger partial charge on any atom is -0.497 e. The van der Waals surface area contributed by atoms with Gasteiger partial charge in [0, 0.05) is 11.9 Å². The van der Waals surface area contributed by atoms with Crippen molar-refractivity contribution in [3.63, 3.8) is 0 Å². The number of methoxy groups -OCH3 is 1. The van der Waals surface area contributed by atoms with E-state index >= 15 is 0 Å². The number of carbonyl (C=O) groups excluding carboxylic acids is 1. The lowest BCUT2D eigenvalue weighted by Gasteiger charge is -2.05. The molecule has 1 aromatic carbocycles. The van der Waals surface area contributed by atoms with E-state index in [-0.39, 0.29) is 5.91 Å². The van der Waals surface area contributed by atoms with Crippen LogP contribution in [0.2, 0.25) is 0 Å². The quantitative estimate of drug-likeness (QED) is 0.879.